The van der Waals surface area contributed by atoms with Crippen molar-refractivity contribution in [3.05, 3.63) is 64.8 Å². The normalized spacial score (nSPS) is 11.3. The standard InChI is InChI=1S/C17H10ClF3N4Se/c18-12-7-6-10(17(19,20)21)8-14(12)25-16(23)15(13(9-22)24-25)26-11-4-2-1-3-5-11/h1-8H,23H2. The molecule has 0 aliphatic carbocycles. The van der Waals surface area contributed by atoms with E-state index >= 15 is 0 Å². The number of benzene rings is 2. The Labute approximate surface area is 158 Å². The maximum atomic E-state index is 13.0. The van der Waals surface area contributed by atoms with Crippen LogP contribution in [-0.4, -0.2) is 24.7 Å². The number of hydrogen-bond donors (Lipinski definition) is 1. The summed E-state index contributed by atoms with van der Waals surface area (Å²) in [5.41, 5.74) is 5.28. The van der Waals surface area contributed by atoms with Crippen LogP contribution in [0.1, 0.15) is 11.3 Å². The summed E-state index contributed by atoms with van der Waals surface area (Å²) in [6.07, 6.45) is -4.53. The molecule has 9 heteroatoms. The summed E-state index contributed by atoms with van der Waals surface area (Å²) in [7, 11) is 0. The molecule has 0 radical (unpaired) electrons. The van der Waals surface area contributed by atoms with E-state index in [4.69, 9.17) is 17.3 Å². The molecule has 0 atom stereocenters. The van der Waals surface area contributed by atoms with Crippen LogP contribution in [0.25, 0.3) is 5.69 Å². The van der Waals surface area contributed by atoms with Gasteiger partial charge in [0.05, 0.1) is 0 Å². The van der Waals surface area contributed by atoms with Crippen LogP contribution >= 0.6 is 11.6 Å². The summed E-state index contributed by atoms with van der Waals surface area (Å²) in [6.45, 7) is 0. The van der Waals surface area contributed by atoms with Gasteiger partial charge in [0.2, 0.25) is 0 Å². The molecule has 0 unspecified atom stereocenters. The van der Waals surface area contributed by atoms with E-state index in [0.717, 1.165) is 27.3 Å². The SMILES string of the molecule is N#Cc1nn(-c2cc(C(F)(F)F)ccc2Cl)c(N)c1[Se]c1ccccc1. The fourth-order valence-corrected chi connectivity index (χ4v) is 4.32. The third-order valence-electron chi connectivity index (χ3n) is 3.45. The van der Waals surface area contributed by atoms with Crippen molar-refractivity contribution in [2.45, 2.75) is 6.18 Å². The van der Waals surface area contributed by atoms with Crippen molar-refractivity contribution >= 4 is 41.3 Å². The molecule has 3 rings (SSSR count). The summed E-state index contributed by atoms with van der Waals surface area (Å²) >= 11 is 5.73. The zero-order valence-corrected chi connectivity index (χ0v) is 15.4. The van der Waals surface area contributed by atoms with Crippen LogP contribution in [0.4, 0.5) is 19.0 Å². The molecule has 3 aromatic rings. The predicted molar refractivity (Wildman–Crippen MR) is 94.2 cm³/mol. The van der Waals surface area contributed by atoms with Crippen LogP contribution in [0.2, 0.25) is 5.02 Å². The Morgan fingerprint density at radius 3 is 2.46 bits per heavy atom. The van der Waals surface area contributed by atoms with Gasteiger partial charge in [-0.2, -0.15) is 0 Å². The van der Waals surface area contributed by atoms with Crippen molar-refractivity contribution in [1.29, 1.82) is 5.26 Å². The predicted octanol–water partition coefficient (Wildman–Crippen LogP) is 2.65. The van der Waals surface area contributed by atoms with Crippen LogP contribution < -0.4 is 14.7 Å². The van der Waals surface area contributed by atoms with Crippen molar-refractivity contribution < 1.29 is 13.2 Å². The number of nitrogens with two attached hydrogens (primary N) is 1. The molecule has 0 spiro atoms. The van der Waals surface area contributed by atoms with Gasteiger partial charge in [-0.15, -0.1) is 0 Å². The number of nitrogens with zero attached hydrogens (tertiary/aromatic N) is 3. The fraction of sp³-hybridized carbons (Fsp3) is 0.0588. The minimum absolute atomic E-state index is 0.0226. The molecule has 0 saturated heterocycles. The number of alkyl halides is 3. The Kier molecular flexibility index (Phi) is 4.96. The Hall–Kier alpha value is -2.46. The van der Waals surface area contributed by atoms with E-state index in [9.17, 15) is 18.4 Å². The van der Waals surface area contributed by atoms with Crippen LogP contribution in [0.3, 0.4) is 0 Å². The van der Waals surface area contributed by atoms with Gasteiger partial charge in [-0.05, 0) is 0 Å². The van der Waals surface area contributed by atoms with Gasteiger partial charge in [0.1, 0.15) is 0 Å². The van der Waals surface area contributed by atoms with Gasteiger partial charge in [0, 0.05) is 0 Å². The first-order chi connectivity index (χ1) is 12.3. The Balaban J connectivity index is 2.12. The molecule has 4 nitrogen and oxygen atoms in total. The third-order valence-corrected chi connectivity index (χ3v) is 6.10. The van der Waals surface area contributed by atoms with Crippen LogP contribution in [0.15, 0.2) is 48.5 Å². The number of aromatic nitrogens is 2. The molecular formula is C17H10ClF3N4Se. The molecule has 2 N–H and O–H groups in total. The topological polar surface area (TPSA) is 67.6 Å². The first-order valence-electron chi connectivity index (χ1n) is 7.20. The van der Waals surface area contributed by atoms with Crippen LogP contribution in [-0.2, 0) is 6.18 Å². The molecule has 0 aliphatic heterocycles. The molecular weight excluding hydrogens is 432 g/mol. The molecule has 1 aromatic heterocycles. The average molecular weight is 442 g/mol. The first-order valence-corrected chi connectivity index (χ1v) is 9.29. The van der Waals surface area contributed by atoms with Gasteiger partial charge in [-0.1, -0.05) is 0 Å². The fourth-order valence-electron chi connectivity index (χ4n) is 2.23. The molecule has 26 heavy (non-hydrogen) atoms. The first kappa shape index (κ1) is 18.3. The second-order valence-corrected chi connectivity index (χ2v) is 7.85. The van der Waals surface area contributed by atoms with Gasteiger partial charge in [-0.25, -0.2) is 0 Å². The summed E-state index contributed by atoms with van der Waals surface area (Å²) in [5, 5.41) is 13.5. The molecule has 0 amide bonds. The monoisotopic (exact) mass is 442 g/mol. The average Bonchev–Trinajstić information content (AvgIpc) is 2.91. The second kappa shape index (κ2) is 7.04. The van der Waals surface area contributed by atoms with Gasteiger partial charge < -0.3 is 0 Å². The summed E-state index contributed by atoms with van der Waals surface area (Å²) in [6, 6.07) is 14.2. The molecule has 1 heterocycles. The number of hydrogen-bond acceptors (Lipinski definition) is 3. The van der Waals surface area contributed by atoms with Crippen molar-refractivity contribution in [1.82, 2.24) is 9.78 Å². The Morgan fingerprint density at radius 2 is 1.85 bits per heavy atom. The van der Waals surface area contributed by atoms with E-state index in [1.54, 1.807) is 0 Å². The van der Waals surface area contributed by atoms with E-state index in [1.807, 2.05) is 36.4 Å². The van der Waals surface area contributed by atoms with Crippen molar-refractivity contribution in [2.75, 3.05) is 5.73 Å². The van der Waals surface area contributed by atoms with E-state index < -0.39 is 11.7 Å². The maximum absolute atomic E-state index is 13.0. The Bertz CT molecular complexity index is 994. The van der Waals surface area contributed by atoms with Crippen molar-refractivity contribution in [3.8, 4) is 11.8 Å². The van der Waals surface area contributed by atoms with E-state index in [-0.39, 0.29) is 37.2 Å². The van der Waals surface area contributed by atoms with Gasteiger partial charge in [-0.3, -0.25) is 0 Å². The van der Waals surface area contributed by atoms with Gasteiger partial charge >= 0.3 is 158 Å². The van der Waals surface area contributed by atoms with E-state index in [1.165, 1.54) is 0 Å². The van der Waals surface area contributed by atoms with E-state index in [2.05, 4.69) is 5.10 Å². The number of anilines is 1. The Morgan fingerprint density at radius 1 is 1.15 bits per heavy atom. The second-order valence-electron chi connectivity index (χ2n) is 5.17. The molecule has 132 valence electrons. The van der Waals surface area contributed by atoms with Crippen molar-refractivity contribution in [2.24, 2.45) is 0 Å². The van der Waals surface area contributed by atoms with Gasteiger partial charge in [0.15, 0.2) is 0 Å². The van der Waals surface area contributed by atoms with Gasteiger partial charge in [0.25, 0.3) is 0 Å². The molecule has 0 bridgehead atoms. The number of nitriles is 1. The zero-order chi connectivity index (χ0) is 18.9. The number of halogens is 4. The zero-order valence-electron chi connectivity index (χ0n) is 13.0. The van der Waals surface area contributed by atoms with Crippen LogP contribution in [0, 0.1) is 11.3 Å². The summed E-state index contributed by atoms with van der Waals surface area (Å²) in [5.74, 6) is 0.103. The molecule has 0 saturated carbocycles. The quantitative estimate of drug-likeness (QED) is 0.636. The third kappa shape index (κ3) is 3.56. The molecule has 0 aliphatic rings. The summed E-state index contributed by atoms with van der Waals surface area (Å²) in [4.78, 5) is 0. The summed E-state index contributed by atoms with van der Waals surface area (Å²) < 4.78 is 41.6. The van der Waals surface area contributed by atoms with Crippen LogP contribution in [0.5, 0.6) is 0 Å². The van der Waals surface area contributed by atoms with E-state index in [0.29, 0.717) is 4.46 Å². The molecule has 0 fully saturated rings. The number of rotatable bonds is 3. The number of nitrogen functional groups attached to an aromatic ring is 1. The molecule has 2 aromatic carbocycles. The van der Waals surface area contributed by atoms with Crippen molar-refractivity contribution in [3.63, 3.8) is 0 Å². The minimum atomic E-state index is -4.53.